The lowest BCUT2D eigenvalue weighted by atomic mass is 10.1. The van der Waals surface area contributed by atoms with Crippen molar-refractivity contribution in [3.8, 4) is 0 Å². The van der Waals surface area contributed by atoms with E-state index in [0.29, 0.717) is 23.9 Å². The molecule has 144 valence electrons. The van der Waals surface area contributed by atoms with Crippen LogP contribution < -0.4 is 15.5 Å². The van der Waals surface area contributed by atoms with Crippen LogP contribution >= 0.6 is 0 Å². The Morgan fingerprint density at radius 2 is 1.75 bits per heavy atom. The van der Waals surface area contributed by atoms with Crippen molar-refractivity contribution in [3.63, 3.8) is 0 Å². The van der Waals surface area contributed by atoms with Gasteiger partial charge in [0.05, 0.1) is 6.20 Å². The van der Waals surface area contributed by atoms with Gasteiger partial charge in [0, 0.05) is 36.6 Å². The highest BCUT2D eigenvalue weighted by Gasteiger charge is 2.11. The molecule has 1 fully saturated rings. The molecular formula is C21H23FN6. The largest absolute Gasteiger partial charge is 0.372 e. The van der Waals surface area contributed by atoms with Crippen molar-refractivity contribution in [2.24, 2.45) is 0 Å². The van der Waals surface area contributed by atoms with Gasteiger partial charge in [-0.15, -0.1) is 5.10 Å². The smallest absolute Gasteiger partial charge is 0.249 e. The highest BCUT2D eigenvalue weighted by molar-refractivity contribution is 5.59. The maximum absolute atomic E-state index is 13.7. The van der Waals surface area contributed by atoms with Crippen LogP contribution in [-0.4, -0.2) is 28.3 Å². The number of hydrogen-bond acceptors (Lipinski definition) is 6. The van der Waals surface area contributed by atoms with E-state index in [-0.39, 0.29) is 5.82 Å². The summed E-state index contributed by atoms with van der Waals surface area (Å²) >= 11 is 0. The molecule has 1 aliphatic heterocycles. The molecule has 0 spiro atoms. The van der Waals surface area contributed by atoms with Crippen molar-refractivity contribution in [2.45, 2.75) is 25.8 Å². The number of nitrogens with zero attached hydrogens (tertiary/aromatic N) is 4. The average molecular weight is 378 g/mol. The van der Waals surface area contributed by atoms with Crippen LogP contribution in [0.15, 0.2) is 54.7 Å². The van der Waals surface area contributed by atoms with E-state index >= 15 is 0 Å². The fraction of sp³-hybridized carbons (Fsp3) is 0.286. The number of anilines is 4. The molecule has 7 heteroatoms. The molecule has 0 atom stereocenters. The Labute approximate surface area is 163 Å². The molecule has 3 aromatic rings. The lowest BCUT2D eigenvalue weighted by molar-refractivity contribution is 0.578. The van der Waals surface area contributed by atoms with Gasteiger partial charge in [-0.05, 0) is 49.6 Å². The Hall–Kier alpha value is -3.22. The minimum absolute atomic E-state index is 0.246. The average Bonchev–Trinajstić information content (AvgIpc) is 2.75. The van der Waals surface area contributed by atoms with Crippen molar-refractivity contribution in [3.05, 3.63) is 66.1 Å². The van der Waals surface area contributed by atoms with Crippen LogP contribution in [0.25, 0.3) is 0 Å². The normalized spacial score (nSPS) is 14.0. The molecule has 0 radical (unpaired) electrons. The first-order chi connectivity index (χ1) is 13.8. The molecule has 1 aliphatic rings. The first kappa shape index (κ1) is 18.2. The second-order valence-corrected chi connectivity index (χ2v) is 6.83. The number of nitrogens with one attached hydrogen (secondary N) is 2. The summed E-state index contributed by atoms with van der Waals surface area (Å²) in [6.45, 7) is 2.57. The van der Waals surface area contributed by atoms with E-state index in [9.17, 15) is 4.39 Å². The molecule has 0 amide bonds. The van der Waals surface area contributed by atoms with E-state index in [4.69, 9.17) is 0 Å². The first-order valence-corrected chi connectivity index (χ1v) is 9.57. The molecular weight excluding hydrogens is 355 g/mol. The summed E-state index contributed by atoms with van der Waals surface area (Å²) in [5.74, 6) is 0.680. The molecule has 6 nitrogen and oxygen atoms in total. The van der Waals surface area contributed by atoms with E-state index in [1.54, 1.807) is 18.2 Å². The molecule has 1 saturated heterocycles. The lowest BCUT2D eigenvalue weighted by Gasteiger charge is -2.28. The fourth-order valence-corrected chi connectivity index (χ4v) is 3.31. The third-order valence-electron chi connectivity index (χ3n) is 4.82. The zero-order chi connectivity index (χ0) is 19.2. The van der Waals surface area contributed by atoms with Gasteiger partial charge in [-0.1, -0.05) is 18.2 Å². The Kier molecular flexibility index (Phi) is 5.61. The second kappa shape index (κ2) is 8.65. The lowest BCUT2D eigenvalue weighted by Crippen LogP contribution is -2.29. The van der Waals surface area contributed by atoms with Crippen molar-refractivity contribution in [1.82, 2.24) is 15.2 Å². The molecule has 2 N–H and O–H groups in total. The van der Waals surface area contributed by atoms with Gasteiger partial charge in [0.2, 0.25) is 5.95 Å². The van der Waals surface area contributed by atoms with Crippen LogP contribution in [0.3, 0.4) is 0 Å². The van der Waals surface area contributed by atoms with Gasteiger partial charge in [0.1, 0.15) is 5.82 Å². The summed E-state index contributed by atoms with van der Waals surface area (Å²) < 4.78 is 13.7. The Bertz CT molecular complexity index is 909. The molecule has 0 saturated carbocycles. The van der Waals surface area contributed by atoms with Crippen molar-refractivity contribution < 1.29 is 4.39 Å². The van der Waals surface area contributed by atoms with Crippen LogP contribution in [0, 0.1) is 5.82 Å². The minimum atomic E-state index is -0.246. The van der Waals surface area contributed by atoms with Crippen LogP contribution in [0.5, 0.6) is 0 Å². The van der Waals surface area contributed by atoms with E-state index < -0.39 is 0 Å². The zero-order valence-electron chi connectivity index (χ0n) is 15.6. The molecule has 0 aliphatic carbocycles. The minimum Gasteiger partial charge on any atom is -0.372 e. The monoisotopic (exact) mass is 378 g/mol. The van der Waals surface area contributed by atoms with Crippen LogP contribution in [0.2, 0.25) is 0 Å². The molecule has 0 unspecified atom stereocenters. The maximum Gasteiger partial charge on any atom is 0.249 e. The highest BCUT2D eigenvalue weighted by Crippen LogP contribution is 2.23. The van der Waals surface area contributed by atoms with Gasteiger partial charge >= 0.3 is 0 Å². The number of halogens is 1. The zero-order valence-corrected chi connectivity index (χ0v) is 15.6. The number of rotatable bonds is 6. The van der Waals surface area contributed by atoms with Crippen LogP contribution in [-0.2, 0) is 6.54 Å². The van der Waals surface area contributed by atoms with Gasteiger partial charge in [-0.25, -0.2) is 4.39 Å². The summed E-state index contributed by atoms with van der Waals surface area (Å²) in [5, 5.41) is 14.2. The Balaban J connectivity index is 1.38. The standard InChI is InChI=1S/C21H23FN6/c22-19-7-3-2-6-16(19)14-23-20-15-24-27-21(26-20)25-17-8-10-18(11-9-17)28-12-4-1-5-13-28/h2-3,6-11,15H,1,4-5,12-14H2,(H2,23,25,26,27). The topological polar surface area (TPSA) is 66.0 Å². The van der Waals surface area contributed by atoms with Crippen molar-refractivity contribution in [1.29, 1.82) is 0 Å². The third-order valence-corrected chi connectivity index (χ3v) is 4.82. The maximum atomic E-state index is 13.7. The second-order valence-electron chi connectivity index (χ2n) is 6.83. The Morgan fingerprint density at radius 1 is 0.964 bits per heavy atom. The molecule has 0 bridgehead atoms. The van der Waals surface area contributed by atoms with E-state index in [2.05, 4.69) is 42.8 Å². The van der Waals surface area contributed by atoms with Crippen molar-refractivity contribution in [2.75, 3.05) is 28.6 Å². The van der Waals surface area contributed by atoms with E-state index in [1.807, 2.05) is 12.1 Å². The Morgan fingerprint density at radius 3 is 2.54 bits per heavy atom. The van der Waals surface area contributed by atoms with Gasteiger partial charge in [0.25, 0.3) is 0 Å². The summed E-state index contributed by atoms with van der Waals surface area (Å²) in [6.07, 6.45) is 5.35. The number of piperidine rings is 1. The molecule has 28 heavy (non-hydrogen) atoms. The van der Waals surface area contributed by atoms with Crippen LogP contribution in [0.4, 0.5) is 27.5 Å². The van der Waals surface area contributed by atoms with E-state index in [1.165, 1.54) is 37.2 Å². The summed E-state index contributed by atoms with van der Waals surface area (Å²) in [7, 11) is 0. The quantitative estimate of drug-likeness (QED) is 0.665. The number of hydrogen-bond donors (Lipinski definition) is 2. The highest BCUT2D eigenvalue weighted by atomic mass is 19.1. The fourth-order valence-electron chi connectivity index (χ4n) is 3.31. The van der Waals surface area contributed by atoms with Gasteiger partial charge in [-0.2, -0.15) is 10.1 Å². The summed E-state index contributed by atoms with van der Waals surface area (Å²) in [4.78, 5) is 6.81. The molecule has 4 rings (SSSR count). The van der Waals surface area contributed by atoms with Gasteiger partial charge in [0.15, 0.2) is 5.82 Å². The summed E-state index contributed by atoms with van der Waals surface area (Å²) in [6, 6.07) is 14.9. The van der Waals surface area contributed by atoms with Crippen LogP contribution in [0.1, 0.15) is 24.8 Å². The van der Waals surface area contributed by atoms with Crippen molar-refractivity contribution >= 4 is 23.1 Å². The first-order valence-electron chi connectivity index (χ1n) is 9.57. The third kappa shape index (κ3) is 4.54. The molecule has 2 heterocycles. The number of aromatic nitrogens is 3. The van der Waals surface area contributed by atoms with Gasteiger partial charge in [-0.3, -0.25) is 0 Å². The SMILES string of the molecule is Fc1ccccc1CNc1cnnc(Nc2ccc(N3CCCCC3)cc2)n1. The predicted octanol–water partition coefficient (Wildman–Crippen LogP) is 4.36. The molecule has 1 aromatic heterocycles. The van der Waals surface area contributed by atoms with Gasteiger partial charge < -0.3 is 15.5 Å². The number of benzene rings is 2. The van der Waals surface area contributed by atoms with E-state index in [0.717, 1.165) is 18.8 Å². The molecule has 2 aromatic carbocycles. The summed E-state index contributed by atoms with van der Waals surface area (Å²) in [5.41, 5.74) is 2.71. The predicted molar refractivity (Wildman–Crippen MR) is 109 cm³/mol.